The van der Waals surface area contributed by atoms with Crippen molar-refractivity contribution in [3.8, 4) is 0 Å². The van der Waals surface area contributed by atoms with E-state index in [9.17, 15) is 19.8 Å². The zero-order valence-electron chi connectivity index (χ0n) is 10.3. The summed E-state index contributed by atoms with van der Waals surface area (Å²) in [6, 6.07) is 0. The summed E-state index contributed by atoms with van der Waals surface area (Å²) in [6.07, 6.45) is -6.77. The topological polar surface area (TPSA) is 145 Å². The Morgan fingerprint density at radius 1 is 1.29 bits per heavy atom. The minimum atomic E-state index is -1.82. The molecule has 0 aromatic carbocycles. The molecule has 0 aliphatic heterocycles. The van der Waals surface area contributed by atoms with Crippen LogP contribution in [-0.2, 0) is 14.3 Å². The molecule has 9 heteroatoms. The molecule has 0 saturated carbocycles. The van der Waals surface area contributed by atoms with E-state index in [2.05, 4.69) is 4.74 Å². The molecular formula is C8H15NaO8. The molecule has 0 aromatic rings. The van der Waals surface area contributed by atoms with Crippen LogP contribution in [0.3, 0.4) is 0 Å². The SMILES string of the molecule is O=C[C@H](OCC(=O)O)[C@@H](O)[C@H](O)[C@H](O)CO.[H-].[Na+]. The molecule has 17 heavy (non-hydrogen) atoms. The van der Waals surface area contributed by atoms with Gasteiger partial charge in [-0.15, -0.1) is 0 Å². The van der Waals surface area contributed by atoms with Gasteiger partial charge < -0.3 is 36.5 Å². The number of hydrogen-bond acceptors (Lipinski definition) is 7. The molecule has 0 aliphatic carbocycles. The first kappa shape index (κ1) is 19.3. The largest absolute Gasteiger partial charge is 1.00 e. The molecule has 0 aromatic heterocycles. The average Bonchev–Trinajstić information content (AvgIpc) is 2.27. The van der Waals surface area contributed by atoms with Gasteiger partial charge in [-0.25, -0.2) is 4.79 Å². The molecule has 0 rings (SSSR count). The first-order valence-electron chi connectivity index (χ1n) is 4.37. The Hall–Kier alpha value is -0.0600. The molecule has 0 fully saturated rings. The van der Waals surface area contributed by atoms with E-state index in [0.29, 0.717) is 0 Å². The van der Waals surface area contributed by atoms with Crippen LogP contribution in [0.5, 0.6) is 0 Å². The standard InChI is InChI=1S/C8H14O8.Na.H/c9-1-4(11)7(14)8(15)5(2-10)16-3-6(12)13;;/h2,4-5,7-9,11,14-15H,1,3H2,(H,12,13);;/q;+1;-1/t4-,5+,7-,8-;;/m1../s1. The second-order valence-corrected chi connectivity index (χ2v) is 3.04. The maximum absolute atomic E-state index is 10.4. The van der Waals surface area contributed by atoms with Gasteiger partial charge in [0.1, 0.15) is 31.0 Å². The molecule has 0 bridgehead atoms. The van der Waals surface area contributed by atoms with Crippen molar-refractivity contribution in [1.29, 1.82) is 0 Å². The van der Waals surface area contributed by atoms with E-state index in [4.69, 9.17) is 15.3 Å². The Morgan fingerprint density at radius 3 is 2.18 bits per heavy atom. The van der Waals surface area contributed by atoms with Crippen LogP contribution in [-0.4, -0.2) is 75.4 Å². The minimum Gasteiger partial charge on any atom is -1.00 e. The van der Waals surface area contributed by atoms with E-state index >= 15 is 0 Å². The van der Waals surface area contributed by atoms with E-state index in [0.717, 1.165) is 0 Å². The second-order valence-electron chi connectivity index (χ2n) is 3.04. The molecule has 0 aliphatic rings. The Kier molecular flexibility index (Phi) is 11.3. The van der Waals surface area contributed by atoms with Crippen molar-refractivity contribution < 1.29 is 70.8 Å². The summed E-state index contributed by atoms with van der Waals surface area (Å²) in [7, 11) is 0. The van der Waals surface area contributed by atoms with Crippen LogP contribution in [0.1, 0.15) is 1.43 Å². The fourth-order valence-corrected chi connectivity index (χ4v) is 0.916. The summed E-state index contributed by atoms with van der Waals surface area (Å²) in [5.41, 5.74) is 0. The zero-order valence-corrected chi connectivity index (χ0v) is 11.3. The van der Waals surface area contributed by atoms with Crippen molar-refractivity contribution in [2.75, 3.05) is 13.2 Å². The van der Waals surface area contributed by atoms with Crippen molar-refractivity contribution in [3.63, 3.8) is 0 Å². The third-order valence-electron chi connectivity index (χ3n) is 1.80. The van der Waals surface area contributed by atoms with Crippen LogP contribution in [0.4, 0.5) is 0 Å². The third kappa shape index (κ3) is 7.06. The smallest absolute Gasteiger partial charge is 1.00 e. The van der Waals surface area contributed by atoms with E-state index in [1.54, 1.807) is 0 Å². The van der Waals surface area contributed by atoms with Gasteiger partial charge >= 0.3 is 35.5 Å². The summed E-state index contributed by atoms with van der Waals surface area (Å²) in [5.74, 6) is -1.35. The number of aldehydes is 1. The van der Waals surface area contributed by atoms with Gasteiger partial charge in [0, 0.05) is 0 Å². The van der Waals surface area contributed by atoms with Gasteiger partial charge in [0.25, 0.3) is 0 Å². The first-order valence-corrected chi connectivity index (χ1v) is 4.37. The predicted octanol–water partition coefficient (Wildman–Crippen LogP) is -6.15. The maximum Gasteiger partial charge on any atom is 1.00 e. The number of carboxylic acid groups (broad SMARTS) is 1. The van der Waals surface area contributed by atoms with Gasteiger partial charge in [0.2, 0.25) is 0 Å². The predicted molar refractivity (Wildman–Crippen MR) is 49.7 cm³/mol. The fourth-order valence-electron chi connectivity index (χ4n) is 0.916. The Labute approximate surface area is 121 Å². The molecule has 0 unspecified atom stereocenters. The zero-order chi connectivity index (χ0) is 12.7. The monoisotopic (exact) mass is 262 g/mol. The third-order valence-corrected chi connectivity index (χ3v) is 1.80. The number of aliphatic carboxylic acids is 1. The number of aliphatic hydroxyl groups is 4. The number of ether oxygens (including phenoxy) is 1. The van der Waals surface area contributed by atoms with Crippen molar-refractivity contribution in [2.45, 2.75) is 24.4 Å². The van der Waals surface area contributed by atoms with E-state index < -0.39 is 43.6 Å². The number of hydrogen-bond donors (Lipinski definition) is 5. The second kappa shape index (κ2) is 9.92. The molecule has 0 spiro atoms. The van der Waals surface area contributed by atoms with E-state index in [1.165, 1.54) is 0 Å². The van der Waals surface area contributed by atoms with Gasteiger partial charge in [-0.3, -0.25) is 0 Å². The molecule has 0 heterocycles. The normalized spacial score (nSPS) is 17.4. The Morgan fingerprint density at radius 2 is 1.82 bits per heavy atom. The molecule has 4 atom stereocenters. The van der Waals surface area contributed by atoms with Gasteiger partial charge in [-0.1, -0.05) is 0 Å². The molecule has 8 nitrogen and oxygen atoms in total. The average molecular weight is 262 g/mol. The van der Waals surface area contributed by atoms with E-state index in [-0.39, 0.29) is 37.3 Å². The molecule has 0 saturated heterocycles. The fraction of sp³-hybridized carbons (Fsp3) is 0.750. The molecule has 0 amide bonds. The number of carbonyl (C=O) groups excluding carboxylic acids is 1. The number of aliphatic hydroxyl groups excluding tert-OH is 4. The van der Waals surface area contributed by atoms with Crippen molar-refractivity contribution in [2.24, 2.45) is 0 Å². The first-order chi connectivity index (χ1) is 7.43. The minimum absolute atomic E-state index is 0. The van der Waals surface area contributed by atoms with Crippen LogP contribution in [0.15, 0.2) is 0 Å². The Balaban J connectivity index is -0.00000112. The quantitative estimate of drug-likeness (QED) is 0.215. The summed E-state index contributed by atoms with van der Waals surface area (Å²) in [4.78, 5) is 20.6. The van der Waals surface area contributed by atoms with Crippen LogP contribution >= 0.6 is 0 Å². The van der Waals surface area contributed by atoms with E-state index in [1.807, 2.05) is 0 Å². The molecule has 96 valence electrons. The van der Waals surface area contributed by atoms with Crippen LogP contribution in [0, 0.1) is 0 Å². The van der Waals surface area contributed by atoms with Crippen LogP contribution < -0.4 is 29.6 Å². The Bertz CT molecular complexity index is 241. The van der Waals surface area contributed by atoms with Crippen LogP contribution in [0.25, 0.3) is 0 Å². The van der Waals surface area contributed by atoms with Gasteiger partial charge in [-0.05, 0) is 0 Å². The number of carboxylic acids is 1. The van der Waals surface area contributed by atoms with Gasteiger partial charge in [0.15, 0.2) is 6.29 Å². The molecule has 0 radical (unpaired) electrons. The van der Waals surface area contributed by atoms with Crippen molar-refractivity contribution in [3.05, 3.63) is 0 Å². The summed E-state index contributed by atoms with van der Waals surface area (Å²) >= 11 is 0. The summed E-state index contributed by atoms with van der Waals surface area (Å²) in [5, 5.41) is 44.2. The van der Waals surface area contributed by atoms with Gasteiger partial charge in [0.05, 0.1) is 6.61 Å². The molecular weight excluding hydrogens is 247 g/mol. The van der Waals surface area contributed by atoms with Crippen molar-refractivity contribution in [1.82, 2.24) is 0 Å². The molecule has 5 N–H and O–H groups in total. The van der Waals surface area contributed by atoms with Crippen LogP contribution in [0.2, 0.25) is 0 Å². The number of carbonyl (C=O) groups is 2. The van der Waals surface area contributed by atoms with Crippen molar-refractivity contribution >= 4 is 12.3 Å². The maximum atomic E-state index is 10.4. The summed E-state index contributed by atoms with van der Waals surface area (Å²) in [6.45, 7) is -1.65. The van der Waals surface area contributed by atoms with Gasteiger partial charge in [-0.2, -0.15) is 0 Å². The summed E-state index contributed by atoms with van der Waals surface area (Å²) < 4.78 is 4.46. The number of rotatable bonds is 8.